The van der Waals surface area contributed by atoms with Crippen molar-refractivity contribution in [2.75, 3.05) is 26.4 Å². The number of likely N-dealkylation sites (tertiary alicyclic amines) is 1. The molecule has 2 rings (SSSR count). The summed E-state index contributed by atoms with van der Waals surface area (Å²) in [7, 11) is -1.76. The van der Waals surface area contributed by atoms with Gasteiger partial charge in [0, 0.05) is 37.8 Å². The second kappa shape index (κ2) is 6.29. The third-order valence-electron chi connectivity index (χ3n) is 3.90. The van der Waals surface area contributed by atoms with Crippen LogP contribution in [0.1, 0.15) is 23.2 Å². The summed E-state index contributed by atoms with van der Waals surface area (Å²) in [5.41, 5.74) is -0.0348. The molecule has 22 heavy (non-hydrogen) atoms. The lowest BCUT2D eigenvalue weighted by Gasteiger charge is -2.35. The molecular weight excluding hydrogens is 314 g/mol. The molecule has 5 nitrogen and oxygen atoms in total. The van der Waals surface area contributed by atoms with Gasteiger partial charge in [-0.1, -0.05) is 0 Å². The van der Waals surface area contributed by atoms with Crippen LogP contribution in [0.5, 0.6) is 0 Å². The number of amides is 1. The fraction of sp³-hybridized carbons (Fsp3) is 0.500. The van der Waals surface area contributed by atoms with Crippen LogP contribution in [0.2, 0.25) is 0 Å². The number of piperidine rings is 1. The Labute approximate surface area is 128 Å². The molecule has 0 unspecified atom stereocenters. The molecule has 1 aliphatic heterocycles. The Hall–Kier alpha value is -1.54. The van der Waals surface area contributed by atoms with Gasteiger partial charge in [-0.3, -0.25) is 4.79 Å². The molecule has 0 bridgehead atoms. The maximum atomic E-state index is 13.2. The molecule has 0 N–H and O–H groups in total. The van der Waals surface area contributed by atoms with Crippen LogP contribution in [0.3, 0.4) is 0 Å². The molecule has 1 amide bonds. The average Bonchev–Trinajstić information content (AvgIpc) is 2.44. The van der Waals surface area contributed by atoms with E-state index in [9.17, 15) is 22.0 Å². The van der Waals surface area contributed by atoms with Crippen molar-refractivity contribution in [1.29, 1.82) is 0 Å². The first kappa shape index (κ1) is 16.8. The number of hydrogen-bond donors (Lipinski definition) is 0. The number of nitrogens with zero attached hydrogens (tertiary/aromatic N) is 2. The second-order valence-electron chi connectivity index (χ2n) is 5.46. The Morgan fingerprint density at radius 1 is 1.18 bits per heavy atom. The molecule has 1 saturated heterocycles. The molecule has 122 valence electrons. The molecule has 1 aliphatic rings. The van der Waals surface area contributed by atoms with Gasteiger partial charge < -0.3 is 4.90 Å². The van der Waals surface area contributed by atoms with Crippen molar-refractivity contribution >= 4 is 15.9 Å². The Kier molecular flexibility index (Phi) is 4.81. The van der Waals surface area contributed by atoms with Gasteiger partial charge in [-0.05, 0) is 25.0 Å². The average molecular weight is 332 g/mol. The van der Waals surface area contributed by atoms with E-state index in [1.165, 1.54) is 16.3 Å². The summed E-state index contributed by atoms with van der Waals surface area (Å²) in [5.74, 6) is -2.04. The maximum absolute atomic E-state index is 13.2. The lowest BCUT2D eigenvalue weighted by Crippen LogP contribution is -2.47. The number of benzene rings is 1. The number of sulfonamides is 1. The third-order valence-corrected chi connectivity index (χ3v) is 5.24. The zero-order chi connectivity index (χ0) is 16.5. The maximum Gasteiger partial charge on any atom is 0.254 e. The SMILES string of the molecule is CN(C1CCN(C(=O)c2cc(F)cc(F)c2)CC1)S(C)(=O)=O. The van der Waals surface area contributed by atoms with Gasteiger partial charge in [-0.25, -0.2) is 21.5 Å². The summed E-state index contributed by atoms with van der Waals surface area (Å²) in [6.07, 6.45) is 2.13. The van der Waals surface area contributed by atoms with Crippen molar-refractivity contribution in [2.24, 2.45) is 0 Å². The van der Waals surface area contributed by atoms with Gasteiger partial charge in [0.15, 0.2) is 0 Å². The van der Waals surface area contributed by atoms with Crippen molar-refractivity contribution in [3.63, 3.8) is 0 Å². The summed E-state index contributed by atoms with van der Waals surface area (Å²) in [4.78, 5) is 13.7. The minimum Gasteiger partial charge on any atom is -0.339 e. The molecular formula is C14H18F2N2O3S. The van der Waals surface area contributed by atoms with E-state index in [0.29, 0.717) is 32.0 Å². The molecule has 0 radical (unpaired) electrons. The number of halogens is 2. The van der Waals surface area contributed by atoms with Crippen LogP contribution in [-0.4, -0.2) is 56.0 Å². The number of carbonyl (C=O) groups excluding carboxylic acids is 1. The van der Waals surface area contributed by atoms with Gasteiger partial charge in [0.1, 0.15) is 11.6 Å². The topological polar surface area (TPSA) is 57.7 Å². The van der Waals surface area contributed by atoms with Crippen LogP contribution in [0.4, 0.5) is 8.78 Å². The zero-order valence-electron chi connectivity index (χ0n) is 12.4. The zero-order valence-corrected chi connectivity index (χ0v) is 13.2. The smallest absolute Gasteiger partial charge is 0.254 e. The largest absolute Gasteiger partial charge is 0.339 e. The molecule has 0 aliphatic carbocycles. The fourth-order valence-corrected chi connectivity index (χ4v) is 3.32. The minimum atomic E-state index is -3.27. The highest BCUT2D eigenvalue weighted by Gasteiger charge is 2.29. The molecule has 0 saturated carbocycles. The van der Waals surface area contributed by atoms with Crippen LogP contribution in [-0.2, 0) is 10.0 Å². The van der Waals surface area contributed by atoms with Gasteiger partial charge in [-0.15, -0.1) is 0 Å². The van der Waals surface area contributed by atoms with Gasteiger partial charge in [0.2, 0.25) is 10.0 Å². The van der Waals surface area contributed by atoms with Crippen molar-refractivity contribution < 1.29 is 22.0 Å². The van der Waals surface area contributed by atoms with E-state index in [0.717, 1.165) is 18.4 Å². The predicted molar refractivity (Wildman–Crippen MR) is 77.9 cm³/mol. The summed E-state index contributed by atoms with van der Waals surface area (Å²) in [6, 6.07) is 2.55. The van der Waals surface area contributed by atoms with Crippen LogP contribution < -0.4 is 0 Å². The summed E-state index contributed by atoms with van der Waals surface area (Å²) in [6.45, 7) is 0.697. The van der Waals surface area contributed by atoms with Crippen LogP contribution in [0, 0.1) is 11.6 Å². The third kappa shape index (κ3) is 3.80. The van der Waals surface area contributed by atoms with E-state index in [1.807, 2.05) is 0 Å². The summed E-state index contributed by atoms with van der Waals surface area (Å²) in [5, 5.41) is 0. The molecule has 1 fully saturated rings. The number of carbonyl (C=O) groups is 1. The highest BCUT2D eigenvalue weighted by atomic mass is 32.2. The first-order valence-electron chi connectivity index (χ1n) is 6.87. The van der Waals surface area contributed by atoms with E-state index in [4.69, 9.17) is 0 Å². The lowest BCUT2D eigenvalue weighted by atomic mass is 10.0. The van der Waals surface area contributed by atoms with Gasteiger partial charge in [0.05, 0.1) is 6.26 Å². The van der Waals surface area contributed by atoms with Crippen molar-refractivity contribution in [3.8, 4) is 0 Å². The number of rotatable bonds is 3. The van der Waals surface area contributed by atoms with Crippen LogP contribution in [0.25, 0.3) is 0 Å². The summed E-state index contributed by atoms with van der Waals surface area (Å²) >= 11 is 0. The van der Waals surface area contributed by atoms with Gasteiger partial charge in [-0.2, -0.15) is 0 Å². The van der Waals surface area contributed by atoms with Gasteiger partial charge >= 0.3 is 0 Å². The predicted octanol–water partition coefficient (Wildman–Crippen LogP) is 1.46. The van der Waals surface area contributed by atoms with E-state index in [1.54, 1.807) is 0 Å². The highest BCUT2D eigenvalue weighted by molar-refractivity contribution is 7.88. The van der Waals surface area contributed by atoms with E-state index in [-0.39, 0.29) is 11.6 Å². The van der Waals surface area contributed by atoms with E-state index >= 15 is 0 Å². The van der Waals surface area contributed by atoms with Crippen molar-refractivity contribution in [2.45, 2.75) is 18.9 Å². The molecule has 1 aromatic carbocycles. The van der Waals surface area contributed by atoms with Crippen LogP contribution >= 0.6 is 0 Å². The Morgan fingerprint density at radius 2 is 1.68 bits per heavy atom. The molecule has 0 atom stereocenters. The van der Waals surface area contributed by atoms with Crippen molar-refractivity contribution in [1.82, 2.24) is 9.21 Å². The monoisotopic (exact) mass is 332 g/mol. The highest BCUT2D eigenvalue weighted by Crippen LogP contribution is 2.20. The molecule has 1 heterocycles. The normalized spacial score (nSPS) is 17.0. The minimum absolute atomic E-state index is 0.0348. The molecule has 1 aromatic rings. The Morgan fingerprint density at radius 3 is 2.14 bits per heavy atom. The Balaban J connectivity index is 2.04. The van der Waals surface area contributed by atoms with Gasteiger partial charge in [0.25, 0.3) is 5.91 Å². The lowest BCUT2D eigenvalue weighted by molar-refractivity contribution is 0.0685. The summed E-state index contributed by atoms with van der Waals surface area (Å²) < 4.78 is 50.7. The molecule has 0 spiro atoms. The first-order chi connectivity index (χ1) is 10.2. The fourth-order valence-electron chi connectivity index (χ4n) is 2.56. The molecule has 0 aromatic heterocycles. The standard InChI is InChI=1S/C14H18F2N2O3S/c1-17(22(2,20)21)13-3-5-18(6-4-13)14(19)10-7-11(15)9-12(16)8-10/h7-9,13H,3-6H2,1-2H3. The van der Waals surface area contributed by atoms with E-state index < -0.39 is 27.6 Å². The van der Waals surface area contributed by atoms with E-state index in [2.05, 4.69) is 0 Å². The van der Waals surface area contributed by atoms with Crippen LogP contribution in [0.15, 0.2) is 18.2 Å². The van der Waals surface area contributed by atoms with Crippen molar-refractivity contribution in [3.05, 3.63) is 35.4 Å². The first-order valence-corrected chi connectivity index (χ1v) is 8.71. The Bertz CT molecular complexity index is 650. The molecule has 8 heteroatoms. The number of hydrogen-bond acceptors (Lipinski definition) is 3. The quantitative estimate of drug-likeness (QED) is 0.842. The second-order valence-corrected chi connectivity index (χ2v) is 7.50.